The molecule has 1 aromatic heterocycles. The smallest absolute Gasteiger partial charge is 0.0874 e. The second-order valence-electron chi connectivity index (χ2n) is 5.72. The van der Waals surface area contributed by atoms with Crippen LogP contribution >= 0.6 is 11.3 Å². The molecule has 2 nitrogen and oxygen atoms in total. The van der Waals surface area contributed by atoms with Gasteiger partial charge in [-0.2, -0.15) is 0 Å². The van der Waals surface area contributed by atoms with Gasteiger partial charge in [0.25, 0.3) is 0 Å². The highest BCUT2D eigenvalue weighted by molar-refractivity contribution is 7.17. The lowest BCUT2D eigenvalue weighted by Crippen LogP contribution is -2.45. The van der Waals surface area contributed by atoms with E-state index in [1.165, 1.54) is 34.9 Å². The van der Waals surface area contributed by atoms with Crippen molar-refractivity contribution in [3.05, 3.63) is 35.2 Å². The maximum Gasteiger partial charge on any atom is 0.0874 e. The number of fused-ring (bicyclic) bond motifs is 1. The van der Waals surface area contributed by atoms with Gasteiger partial charge >= 0.3 is 0 Å². The third kappa shape index (κ3) is 2.39. The molecule has 1 fully saturated rings. The molecule has 1 aliphatic carbocycles. The van der Waals surface area contributed by atoms with Crippen molar-refractivity contribution in [3.8, 4) is 0 Å². The standard InChI is InChI=1S/C17H23NOS/c1-2-19-17(10-4-3-5-11-17)16(18)14-8-6-7-13-9-12-20-15(13)14/h6-9,12,16H,2-5,10-11,18H2,1H3. The molecule has 1 atom stereocenters. The number of hydrogen-bond donors (Lipinski definition) is 1. The van der Waals surface area contributed by atoms with E-state index in [1.807, 2.05) is 0 Å². The van der Waals surface area contributed by atoms with Crippen molar-refractivity contribution in [2.75, 3.05) is 6.61 Å². The third-order valence-electron chi connectivity index (χ3n) is 4.54. The van der Waals surface area contributed by atoms with Gasteiger partial charge in [-0.3, -0.25) is 0 Å². The Hall–Kier alpha value is -0.900. The van der Waals surface area contributed by atoms with Gasteiger partial charge in [0, 0.05) is 11.3 Å². The molecular weight excluding hydrogens is 266 g/mol. The first kappa shape index (κ1) is 14.1. The fraction of sp³-hybridized carbons (Fsp3) is 0.529. The van der Waals surface area contributed by atoms with E-state index in [2.05, 4.69) is 36.6 Å². The van der Waals surface area contributed by atoms with Gasteiger partial charge in [-0.1, -0.05) is 37.5 Å². The molecule has 108 valence electrons. The zero-order valence-corrected chi connectivity index (χ0v) is 12.9. The van der Waals surface area contributed by atoms with Crippen LogP contribution < -0.4 is 5.73 Å². The summed E-state index contributed by atoms with van der Waals surface area (Å²) in [5.41, 5.74) is 7.79. The van der Waals surface area contributed by atoms with Gasteiger partial charge in [0.1, 0.15) is 0 Å². The maximum atomic E-state index is 6.70. The average Bonchev–Trinajstić information content (AvgIpc) is 2.96. The summed E-state index contributed by atoms with van der Waals surface area (Å²) in [7, 11) is 0. The van der Waals surface area contributed by atoms with Crippen LogP contribution in [0.2, 0.25) is 0 Å². The zero-order valence-electron chi connectivity index (χ0n) is 12.1. The van der Waals surface area contributed by atoms with Gasteiger partial charge in [0.2, 0.25) is 0 Å². The van der Waals surface area contributed by atoms with Crippen LogP contribution in [0.25, 0.3) is 10.1 Å². The van der Waals surface area contributed by atoms with Gasteiger partial charge in [0.05, 0.1) is 11.6 Å². The quantitative estimate of drug-likeness (QED) is 0.890. The van der Waals surface area contributed by atoms with Gasteiger partial charge in [-0.05, 0) is 42.2 Å². The minimum atomic E-state index is -0.161. The number of rotatable bonds is 4. The van der Waals surface area contributed by atoms with E-state index in [0.29, 0.717) is 0 Å². The fourth-order valence-corrected chi connectivity index (χ4v) is 4.48. The first-order chi connectivity index (χ1) is 9.77. The molecule has 1 heterocycles. The van der Waals surface area contributed by atoms with Crippen LogP contribution in [0.5, 0.6) is 0 Å². The topological polar surface area (TPSA) is 35.2 Å². The molecule has 0 aliphatic heterocycles. The molecule has 0 radical (unpaired) electrons. The number of ether oxygens (including phenoxy) is 1. The minimum Gasteiger partial charge on any atom is -0.373 e. The van der Waals surface area contributed by atoms with Gasteiger partial charge in [-0.25, -0.2) is 0 Å². The van der Waals surface area contributed by atoms with Gasteiger partial charge in [-0.15, -0.1) is 11.3 Å². The van der Waals surface area contributed by atoms with Crippen molar-refractivity contribution in [2.45, 2.75) is 50.7 Å². The molecule has 1 aromatic carbocycles. The summed E-state index contributed by atoms with van der Waals surface area (Å²) < 4.78 is 7.52. The van der Waals surface area contributed by atoms with Crippen molar-refractivity contribution in [1.82, 2.24) is 0 Å². The molecule has 2 N–H and O–H groups in total. The second-order valence-corrected chi connectivity index (χ2v) is 6.64. The Morgan fingerprint density at radius 2 is 2.05 bits per heavy atom. The molecule has 0 saturated heterocycles. The van der Waals surface area contributed by atoms with Crippen molar-refractivity contribution in [1.29, 1.82) is 0 Å². The van der Waals surface area contributed by atoms with Crippen LogP contribution in [0.15, 0.2) is 29.6 Å². The normalized spacial score (nSPS) is 20.1. The Balaban J connectivity index is 2.00. The Morgan fingerprint density at radius 1 is 1.25 bits per heavy atom. The van der Waals surface area contributed by atoms with Crippen LogP contribution in [0.1, 0.15) is 50.6 Å². The predicted octanol–water partition coefficient (Wildman–Crippen LogP) is 4.64. The first-order valence-corrected chi connectivity index (χ1v) is 8.50. The molecule has 1 saturated carbocycles. The summed E-state index contributed by atoms with van der Waals surface area (Å²) in [4.78, 5) is 0. The van der Waals surface area contributed by atoms with Crippen molar-refractivity contribution >= 4 is 21.4 Å². The SMILES string of the molecule is CCOC1(C(N)c2cccc3ccsc23)CCCCC1. The Bertz CT molecular complexity index is 566. The molecule has 0 spiro atoms. The lowest BCUT2D eigenvalue weighted by Gasteiger charge is -2.42. The third-order valence-corrected chi connectivity index (χ3v) is 5.52. The highest BCUT2D eigenvalue weighted by atomic mass is 32.1. The van der Waals surface area contributed by atoms with Gasteiger partial charge < -0.3 is 10.5 Å². The number of hydrogen-bond acceptors (Lipinski definition) is 3. The maximum absolute atomic E-state index is 6.70. The predicted molar refractivity (Wildman–Crippen MR) is 86.2 cm³/mol. The second kappa shape index (κ2) is 5.84. The fourth-order valence-electron chi connectivity index (χ4n) is 3.53. The molecular formula is C17H23NOS. The Labute approximate surface area is 124 Å². The summed E-state index contributed by atoms with van der Waals surface area (Å²) in [5.74, 6) is 0. The molecule has 2 aromatic rings. The van der Waals surface area contributed by atoms with Crippen LogP contribution in [0, 0.1) is 0 Å². The molecule has 3 rings (SSSR count). The van der Waals surface area contributed by atoms with E-state index in [4.69, 9.17) is 10.5 Å². The molecule has 3 heteroatoms. The molecule has 0 bridgehead atoms. The van der Waals surface area contributed by atoms with Gasteiger partial charge in [0.15, 0.2) is 0 Å². The first-order valence-electron chi connectivity index (χ1n) is 7.62. The lowest BCUT2D eigenvalue weighted by atomic mass is 9.77. The van der Waals surface area contributed by atoms with E-state index in [9.17, 15) is 0 Å². The highest BCUT2D eigenvalue weighted by Crippen LogP contribution is 2.42. The van der Waals surface area contributed by atoms with E-state index in [0.717, 1.165) is 19.4 Å². The lowest BCUT2D eigenvalue weighted by molar-refractivity contribution is -0.0827. The van der Waals surface area contributed by atoms with Crippen LogP contribution in [-0.2, 0) is 4.74 Å². The van der Waals surface area contributed by atoms with Crippen molar-refractivity contribution < 1.29 is 4.74 Å². The van der Waals surface area contributed by atoms with Crippen molar-refractivity contribution in [2.24, 2.45) is 5.73 Å². The summed E-state index contributed by atoms with van der Waals surface area (Å²) in [6.07, 6.45) is 5.94. The summed E-state index contributed by atoms with van der Waals surface area (Å²) >= 11 is 1.79. The molecule has 1 aliphatic rings. The van der Waals surface area contributed by atoms with Crippen LogP contribution in [0.3, 0.4) is 0 Å². The Kier molecular flexibility index (Phi) is 4.11. The molecule has 1 unspecified atom stereocenters. The minimum absolute atomic E-state index is 0.0231. The van der Waals surface area contributed by atoms with E-state index < -0.39 is 0 Å². The summed E-state index contributed by atoms with van der Waals surface area (Å²) in [5, 5.41) is 3.44. The zero-order chi connectivity index (χ0) is 14.0. The van der Waals surface area contributed by atoms with Crippen LogP contribution in [-0.4, -0.2) is 12.2 Å². The van der Waals surface area contributed by atoms with E-state index in [1.54, 1.807) is 11.3 Å². The molecule has 0 amide bonds. The summed E-state index contributed by atoms with van der Waals surface area (Å²) in [6.45, 7) is 2.82. The monoisotopic (exact) mass is 289 g/mol. The molecule has 20 heavy (non-hydrogen) atoms. The summed E-state index contributed by atoms with van der Waals surface area (Å²) in [6, 6.07) is 8.61. The highest BCUT2D eigenvalue weighted by Gasteiger charge is 2.40. The van der Waals surface area contributed by atoms with Crippen LogP contribution in [0.4, 0.5) is 0 Å². The number of benzene rings is 1. The largest absolute Gasteiger partial charge is 0.373 e. The van der Waals surface area contributed by atoms with E-state index in [-0.39, 0.29) is 11.6 Å². The van der Waals surface area contributed by atoms with E-state index >= 15 is 0 Å². The number of thiophene rings is 1. The number of nitrogens with two attached hydrogens (primary N) is 1. The Morgan fingerprint density at radius 3 is 2.80 bits per heavy atom. The van der Waals surface area contributed by atoms with Crippen molar-refractivity contribution in [3.63, 3.8) is 0 Å². The average molecular weight is 289 g/mol.